The maximum absolute atomic E-state index is 10.6. The minimum Gasteiger partial charge on any atom is -0.476 e. The lowest BCUT2D eigenvalue weighted by Gasteiger charge is -1.95. The van der Waals surface area contributed by atoms with Gasteiger partial charge in [-0.15, -0.1) is 0 Å². The summed E-state index contributed by atoms with van der Waals surface area (Å²) in [4.78, 5) is 11.4. The molecule has 0 fully saturated rings. The molecular formula is C10H6ClNO2S. The highest BCUT2D eigenvalue weighted by atomic mass is 35.5. The summed E-state index contributed by atoms with van der Waals surface area (Å²) in [7, 11) is 0. The molecule has 0 saturated heterocycles. The molecule has 1 aromatic carbocycles. The standard InChI is InChI=1S/C10H6ClNO2S/c11-7-3-1-2-6(4-7)9-5-8(10(13)14)12-15-9/h1-5H,(H,13,14). The Morgan fingerprint density at radius 2 is 2.20 bits per heavy atom. The van der Waals surface area contributed by atoms with E-state index in [4.69, 9.17) is 16.7 Å². The smallest absolute Gasteiger partial charge is 0.355 e. The van der Waals surface area contributed by atoms with E-state index in [2.05, 4.69) is 4.37 Å². The fraction of sp³-hybridized carbons (Fsp3) is 0. The zero-order valence-corrected chi connectivity index (χ0v) is 9.05. The van der Waals surface area contributed by atoms with E-state index in [1.807, 2.05) is 12.1 Å². The van der Waals surface area contributed by atoms with Crippen LogP contribution in [0.5, 0.6) is 0 Å². The predicted octanol–water partition coefficient (Wildman–Crippen LogP) is 3.16. The number of hydrogen-bond donors (Lipinski definition) is 1. The summed E-state index contributed by atoms with van der Waals surface area (Å²) < 4.78 is 3.82. The second-order valence-electron chi connectivity index (χ2n) is 2.89. The molecule has 0 aliphatic carbocycles. The van der Waals surface area contributed by atoms with Crippen molar-refractivity contribution in [1.82, 2.24) is 4.37 Å². The minimum atomic E-state index is -1.01. The first-order valence-corrected chi connectivity index (χ1v) is 5.28. The molecule has 1 heterocycles. The molecule has 5 heteroatoms. The normalized spacial score (nSPS) is 10.2. The lowest BCUT2D eigenvalue weighted by Crippen LogP contribution is -1.94. The van der Waals surface area contributed by atoms with Crippen molar-refractivity contribution in [3.8, 4) is 10.4 Å². The molecule has 15 heavy (non-hydrogen) atoms. The highest BCUT2D eigenvalue weighted by Gasteiger charge is 2.09. The SMILES string of the molecule is O=C(O)c1cc(-c2cccc(Cl)c2)sn1. The highest BCUT2D eigenvalue weighted by molar-refractivity contribution is 7.09. The van der Waals surface area contributed by atoms with Gasteiger partial charge in [0.25, 0.3) is 0 Å². The van der Waals surface area contributed by atoms with Crippen LogP contribution in [0, 0.1) is 0 Å². The molecule has 0 amide bonds. The summed E-state index contributed by atoms with van der Waals surface area (Å²) in [6.45, 7) is 0. The number of aromatic nitrogens is 1. The molecular weight excluding hydrogens is 234 g/mol. The van der Waals surface area contributed by atoms with Crippen molar-refractivity contribution in [2.75, 3.05) is 0 Å². The van der Waals surface area contributed by atoms with E-state index in [1.165, 1.54) is 0 Å². The van der Waals surface area contributed by atoms with Gasteiger partial charge in [0.1, 0.15) is 0 Å². The average molecular weight is 240 g/mol. The maximum Gasteiger partial charge on any atom is 0.355 e. The summed E-state index contributed by atoms with van der Waals surface area (Å²) in [6.07, 6.45) is 0. The molecule has 76 valence electrons. The van der Waals surface area contributed by atoms with Gasteiger partial charge >= 0.3 is 5.97 Å². The average Bonchev–Trinajstić information content (AvgIpc) is 2.66. The second-order valence-corrected chi connectivity index (χ2v) is 4.13. The number of aromatic carboxylic acids is 1. The van der Waals surface area contributed by atoms with Crippen LogP contribution < -0.4 is 0 Å². The monoisotopic (exact) mass is 239 g/mol. The predicted molar refractivity (Wildman–Crippen MR) is 59.5 cm³/mol. The summed E-state index contributed by atoms with van der Waals surface area (Å²) >= 11 is 6.98. The second kappa shape index (κ2) is 4.00. The maximum atomic E-state index is 10.6. The Hall–Kier alpha value is -1.39. The lowest BCUT2D eigenvalue weighted by atomic mass is 10.2. The fourth-order valence-electron chi connectivity index (χ4n) is 1.15. The molecule has 1 N–H and O–H groups in total. The van der Waals surface area contributed by atoms with Gasteiger partial charge in [0.05, 0.1) is 4.88 Å². The first-order chi connectivity index (χ1) is 7.16. The molecule has 1 aromatic heterocycles. The van der Waals surface area contributed by atoms with Crippen LogP contribution in [0.15, 0.2) is 30.3 Å². The highest BCUT2D eigenvalue weighted by Crippen LogP contribution is 2.26. The Bertz CT molecular complexity index is 510. The van der Waals surface area contributed by atoms with Gasteiger partial charge in [-0.2, -0.15) is 4.37 Å². The molecule has 2 rings (SSSR count). The largest absolute Gasteiger partial charge is 0.476 e. The molecule has 0 unspecified atom stereocenters. The summed E-state index contributed by atoms with van der Waals surface area (Å²) in [5.41, 5.74) is 0.947. The van der Waals surface area contributed by atoms with E-state index in [9.17, 15) is 4.79 Å². The van der Waals surface area contributed by atoms with Crippen LogP contribution in [0.4, 0.5) is 0 Å². The van der Waals surface area contributed by atoms with Crippen LogP contribution in [-0.4, -0.2) is 15.4 Å². The fourth-order valence-corrected chi connectivity index (χ4v) is 2.07. The summed E-state index contributed by atoms with van der Waals surface area (Å²) in [5.74, 6) is -1.01. The van der Waals surface area contributed by atoms with E-state index in [1.54, 1.807) is 18.2 Å². The number of carboxylic acid groups (broad SMARTS) is 1. The van der Waals surface area contributed by atoms with Gasteiger partial charge < -0.3 is 5.11 Å². The molecule has 2 aromatic rings. The Morgan fingerprint density at radius 1 is 1.40 bits per heavy atom. The third-order valence-electron chi connectivity index (χ3n) is 1.84. The number of hydrogen-bond acceptors (Lipinski definition) is 3. The number of carboxylic acids is 1. The van der Waals surface area contributed by atoms with Gasteiger partial charge in [-0.05, 0) is 35.3 Å². The Balaban J connectivity index is 2.41. The molecule has 3 nitrogen and oxygen atoms in total. The first kappa shape index (κ1) is 10.1. The van der Waals surface area contributed by atoms with Crippen molar-refractivity contribution < 1.29 is 9.90 Å². The van der Waals surface area contributed by atoms with Gasteiger partial charge in [-0.3, -0.25) is 0 Å². The van der Waals surface area contributed by atoms with Gasteiger partial charge in [-0.25, -0.2) is 4.79 Å². The van der Waals surface area contributed by atoms with Crippen LogP contribution in [0.25, 0.3) is 10.4 Å². The third-order valence-corrected chi connectivity index (χ3v) is 2.91. The quantitative estimate of drug-likeness (QED) is 0.876. The Morgan fingerprint density at radius 3 is 2.80 bits per heavy atom. The summed E-state index contributed by atoms with van der Waals surface area (Å²) in [5, 5.41) is 9.34. The van der Waals surface area contributed by atoms with Gasteiger partial charge in [0, 0.05) is 5.02 Å². The number of benzene rings is 1. The van der Waals surface area contributed by atoms with E-state index < -0.39 is 5.97 Å². The number of rotatable bonds is 2. The van der Waals surface area contributed by atoms with Crippen molar-refractivity contribution >= 4 is 29.1 Å². The topological polar surface area (TPSA) is 50.2 Å². The minimum absolute atomic E-state index is 0.0648. The zero-order chi connectivity index (χ0) is 10.8. The molecule has 0 saturated carbocycles. The number of carbonyl (C=O) groups is 1. The molecule has 0 aliphatic rings. The van der Waals surface area contributed by atoms with Gasteiger partial charge in [0.2, 0.25) is 0 Å². The van der Waals surface area contributed by atoms with E-state index >= 15 is 0 Å². The van der Waals surface area contributed by atoms with Crippen LogP contribution >= 0.6 is 23.1 Å². The van der Waals surface area contributed by atoms with Crippen LogP contribution in [0.2, 0.25) is 5.02 Å². The zero-order valence-electron chi connectivity index (χ0n) is 7.48. The first-order valence-electron chi connectivity index (χ1n) is 4.13. The van der Waals surface area contributed by atoms with Crippen LogP contribution in [-0.2, 0) is 0 Å². The molecule has 0 atom stereocenters. The van der Waals surface area contributed by atoms with Crippen molar-refractivity contribution in [3.63, 3.8) is 0 Å². The van der Waals surface area contributed by atoms with Crippen molar-refractivity contribution in [3.05, 3.63) is 41.0 Å². The van der Waals surface area contributed by atoms with E-state index in [0.29, 0.717) is 5.02 Å². The van der Waals surface area contributed by atoms with E-state index in [-0.39, 0.29) is 5.69 Å². The molecule has 0 radical (unpaired) electrons. The number of halogens is 1. The van der Waals surface area contributed by atoms with E-state index in [0.717, 1.165) is 22.0 Å². The third kappa shape index (κ3) is 2.16. The van der Waals surface area contributed by atoms with Crippen molar-refractivity contribution in [1.29, 1.82) is 0 Å². The van der Waals surface area contributed by atoms with Crippen LogP contribution in [0.3, 0.4) is 0 Å². The molecule has 0 spiro atoms. The number of nitrogens with zero attached hydrogens (tertiary/aromatic N) is 1. The van der Waals surface area contributed by atoms with Gasteiger partial charge in [0.15, 0.2) is 5.69 Å². The van der Waals surface area contributed by atoms with Gasteiger partial charge in [-0.1, -0.05) is 23.7 Å². The Labute approximate surface area is 95.1 Å². The van der Waals surface area contributed by atoms with Crippen LogP contribution in [0.1, 0.15) is 10.5 Å². The lowest BCUT2D eigenvalue weighted by molar-refractivity contribution is 0.0692. The summed E-state index contributed by atoms with van der Waals surface area (Å²) in [6, 6.07) is 8.77. The molecule has 0 bridgehead atoms. The van der Waals surface area contributed by atoms with Crippen molar-refractivity contribution in [2.45, 2.75) is 0 Å². The van der Waals surface area contributed by atoms with Crippen molar-refractivity contribution in [2.24, 2.45) is 0 Å². The molecule has 0 aliphatic heterocycles. The Kier molecular flexibility index (Phi) is 2.70.